The first-order chi connectivity index (χ1) is 12.2. The summed E-state index contributed by atoms with van der Waals surface area (Å²) in [5, 5.41) is 5.71. The molecular weight excluding hydrogens is 314 g/mol. The number of urea groups is 1. The summed E-state index contributed by atoms with van der Waals surface area (Å²) in [6, 6.07) is 17.2. The minimum absolute atomic E-state index is 0.260. The van der Waals surface area contributed by atoms with Crippen molar-refractivity contribution in [3.63, 3.8) is 0 Å². The lowest BCUT2D eigenvalue weighted by atomic mass is 10.1. The molecule has 0 aliphatic heterocycles. The Labute approximate surface area is 147 Å². The van der Waals surface area contributed by atoms with E-state index in [0.29, 0.717) is 18.2 Å². The summed E-state index contributed by atoms with van der Waals surface area (Å²) in [7, 11) is 0. The number of benzene rings is 2. The molecule has 2 N–H and O–H groups in total. The molecule has 0 unspecified atom stereocenters. The van der Waals surface area contributed by atoms with Crippen molar-refractivity contribution in [1.29, 1.82) is 0 Å². The van der Waals surface area contributed by atoms with E-state index in [0.717, 1.165) is 28.9 Å². The Bertz CT molecular complexity index is 856. The highest BCUT2D eigenvalue weighted by molar-refractivity contribution is 5.90. The summed E-state index contributed by atoms with van der Waals surface area (Å²) < 4.78 is 5.70. The second-order valence-corrected chi connectivity index (χ2v) is 5.71. The summed E-state index contributed by atoms with van der Waals surface area (Å²) in [4.78, 5) is 16.6. The first-order valence-electron chi connectivity index (χ1n) is 8.32. The van der Waals surface area contributed by atoms with Crippen LogP contribution in [0, 0.1) is 6.92 Å². The molecule has 2 amide bonds. The summed E-state index contributed by atoms with van der Waals surface area (Å²) in [6.45, 7) is 4.21. The van der Waals surface area contributed by atoms with Gasteiger partial charge in [-0.05, 0) is 37.1 Å². The van der Waals surface area contributed by atoms with Crippen molar-refractivity contribution in [3.05, 3.63) is 71.6 Å². The van der Waals surface area contributed by atoms with E-state index < -0.39 is 0 Å². The van der Waals surface area contributed by atoms with Crippen LogP contribution in [0.2, 0.25) is 0 Å². The fourth-order valence-electron chi connectivity index (χ4n) is 2.58. The minimum atomic E-state index is -0.260. The highest BCUT2D eigenvalue weighted by Gasteiger charge is 2.12. The van der Waals surface area contributed by atoms with Crippen molar-refractivity contribution in [1.82, 2.24) is 10.3 Å². The average molecular weight is 335 g/mol. The van der Waals surface area contributed by atoms with Crippen molar-refractivity contribution < 1.29 is 9.21 Å². The maximum Gasteiger partial charge on any atom is 0.319 e. The molecule has 128 valence electrons. The van der Waals surface area contributed by atoms with E-state index in [2.05, 4.69) is 22.5 Å². The van der Waals surface area contributed by atoms with Gasteiger partial charge in [-0.15, -0.1) is 0 Å². The van der Waals surface area contributed by atoms with Crippen LogP contribution in [0.15, 0.2) is 59.0 Å². The lowest BCUT2D eigenvalue weighted by Crippen LogP contribution is -2.29. The monoisotopic (exact) mass is 335 g/mol. The number of oxazole rings is 1. The molecule has 5 heteroatoms. The molecule has 0 saturated carbocycles. The SMILES string of the molecule is CCc1ccccc1NC(=O)NCc1nc(-c2ccccc2)oc1C. The van der Waals surface area contributed by atoms with E-state index in [1.165, 1.54) is 0 Å². The molecule has 0 atom stereocenters. The summed E-state index contributed by atoms with van der Waals surface area (Å²) in [5.74, 6) is 1.26. The number of carbonyl (C=O) groups is 1. The lowest BCUT2D eigenvalue weighted by Gasteiger charge is -2.10. The van der Waals surface area contributed by atoms with Crippen LogP contribution in [0.1, 0.15) is 23.9 Å². The van der Waals surface area contributed by atoms with Crippen LogP contribution in [0.5, 0.6) is 0 Å². The number of hydrogen-bond donors (Lipinski definition) is 2. The van der Waals surface area contributed by atoms with Crippen LogP contribution in [0.3, 0.4) is 0 Å². The molecule has 3 rings (SSSR count). The van der Waals surface area contributed by atoms with E-state index in [-0.39, 0.29) is 6.03 Å². The van der Waals surface area contributed by atoms with Crippen LogP contribution in [0.25, 0.3) is 11.5 Å². The predicted molar refractivity (Wildman–Crippen MR) is 98.4 cm³/mol. The first-order valence-corrected chi connectivity index (χ1v) is 8.32. The number of para-hydroxylation sites is 1. The van der Waals surface area contributed by atoms with Gasteiger partial charge in [0, 0.05) is 11.3 Å². The zero-order chi connectivity index (χ0) is 17.6. The molecule has 0 radical (unpaired) electrons. The third-order valence-corrected chi connectivity index (χ3v) is 3.98. The van der Waals surface area contributed by atoms with Gasteiger partial charge in [-0.2, -0.15) is 0 Å². The molecule has 1 heterocycles. The molecular formula is C20H21N3O2. The predicted octanol–water partition coefficient (Wildman–Crippen LogP) is 4.53. The number of rotatable bonds is 5. The largest absolute Gasteiger partial charge is 0.441 e. The van der Waals surface area contributed by atoms with Gasteiger partial charge in [0.2, 0.25) is 5.89 Å². The number of amides is 2. The minimum Gasteiger partial charge on any atom is -0.441 e. The number of carbonyl (C=O) groups excluding carboxylic acids is 1. The maximum absolute atomic E-state index is 12.2. The summed E-state index contributed by atoms with van der Waals surface area (Å²) >= 11 is 0. The number of aryl methyl sites for hydroxylation is 2. The van der Waals surface area contributed by atoms with Gasteiger partial charge in [-0.3, -0.25) is 0 Å². The third-order valence-electron chi connectivity index (χ3n) is 3.98. The Morgan fingerprint density at radius 1 is 1.08 bits per heavy atom. The van der Waals surface area contributed by atoms with Crippen LogP contribution in [-0.4, -0.2) is 11.0 Å². The van der Waals surface area contributed by atoms with Crippen LogP contribution in [-0.2, 0) is 13.0 Å². The molecule has 0 saturated heterocycles. The number of nitrogens with one attached hydrogen (secondary N) is 2. The summed E-state index contributed by atoms with van der Waals surface area (Å²) in [6.07, 6.45) is 0.860. The highest BCUT2D eigenvalue weighted by Crippen LogP contribution is 2.21. The van der Waals surface area contributed by atoms with E-state index in [9.17, 15) is 4.79 Å². The van der Waals surface area contributed by atoms with Crippen molar-refractivity contribution in [2.45, 2.75) is 26.8 Å². The van der Waals surface area contributed by atoms with Gasteiger partial charge < -0.3 is 15.1 Å². The lowest BCUT2D eigenvalue weighted by molar-refractivity contribution is 0.251. The molecule has 1 aromatic heterocycles. The Kier molecular flexibility index (Phi) is 5.14. The van der Waals surface area contributed by atoms with E-state index >= 15 is 0 Å². The highest BCUT2D eigenvalue weighted by atomic mass is 16.4. The normalized spacial score (nSPS) is 10.5. The Morgan fingerprint density at radius 3 is 2.56 bits per heavy atom. The molecule has 5 nitrogen and oxygen atoms in total. The van der Waals surface area contributed by atoms with E-state index in [1.54, 1.807) is 0 Å². The molecule has 0 aliphatic rings. The van der Waals surface area contributed by atoms with Gasteiger partial charge in [0.05, 0.1) is 6.54 Å². The maximum atomic E-state index is 12.2. The van der Waals surface area contributed by atoms with Gasteiger partial charge in [0.15, 0.2) is 0 Å². The number of hydrogen-bond acceptors (Lipinski definition) is 3. The zero-order valence-electron chi connectivity index (χ0n) is 14.4. The van der Waals surface area contributed by atoms with Gasteiger partial charge in [-0.25, -0.2) is 9.78 Å². The Hall–Kier alpha value is -3.08. The van der Waals surface area contributed by atoms with E-state index in [1.807, 2.05) is 61.5 Å². The Balaban J connectivity index is 1.64. The number of nitrogens with zero attached hydrogens (tertiary/aromatic N) is 1. The molecule has 2 aromatic carbocycles. The van der Waals surface area contributed by atoms with Gasteiger partial charge >= 0.3 is 6.03 Å². The average Bonchev–Trinajstić information content (AvgIpc) is 3.02. The first kappa shape index (κ1) is 16.8. The fourth-order valence-corrected chi connectivity index (χ4v) is 2.58. The van der Waals surface area contributed by atoms with Crippen molar-refractivity contribution in [2.24, 2.45) is 0 Å². The summed E-state index contributed by atoms with van der Waals surface area (Å²) in [5.41, 5.74) is 3.56. The quantitative estimate of drug-likeness (QED) is 0.719. The van der Waals surface area contributed by atoms with E-state index in [4.69, 9.17) is 4.42 Å². The third kappa shape index (κ3) is 4.07. The molecule has 0 aliphatic carbocycles. The molecule has 0 fully saturated rings. The van der Waals surface area contributed by atoms with Gasteiger partial charge in [0.1, 0.15) is 11.5 Å². The second-order valence-electron chi connectivity index (χ2n) is 5.71. The smallest absolute Gasteiger partial charge is 0.319 e. The van der Waals surface area contributed by atoms with Crippen LogP contribution >= 0.6 is 0 Å². The zero-order valence-corrected chi connectivity index (χ0v) is 14.4. The standard InChI is InChI=1S/C20H21N3O2/c1-3-15-9-7-8-12-17(15)23-20(24)21-13-18-14(2)25-19(22-18)16-10-5-4-6-11-16/h4-12H,3,13H2,1-2H3,(H2,21,23,24). The molecule has 25 heavy (non-hydrogen) atoms. The number of aromatic nitrogens is 1. The van der Waals surface area contributed by atoms with Crippen molar-refractivity contribution >= 4 is 11.7 Å². The van der Waals surface area contributed by atoms with Gasteiger partial charge in [0.25, 0.3) is 0 Å². The molecule has 3 aromatic rings. The number of anilines is 1. The second kappa shape index (κ2) is 7.66. The van der Waals surface area contributed by atoms with Crippen LogP contribution < -0.4 is 10.6 Å². The molecule has 0 bridgehead atoms. The topological polar surface area (TPSA) is 67.2 Å². The van der Waals surface area contributed by atoms with Crippen molar-refractivity contribution in [3.8, 4) is 11.5 Å². The van der Waals surface area contributed by atoms with Crippen molar-refractivity contribution in [2.75, 3.05) is 5.32 Å². The van der Waals surface area contributed by atoms with Gasteiger partial charge in [-0.1, -0.05) is 43.3 Å². The fraction of sp³-hybridized carbons (Fsp3) is 0.200. The van der Waals surface area contributed by atoms with Crippen LogP contribution in [0.4, 0.5) is 10.5 Å². The molecule has 0 spiro atoms. The Morgan fingerprint density at radius 2 is 1.80 bits per heavy atom.